The highest BCUT2D eigenvalue weighted by Gasteiger charge is 2.42. The molecule has 0 unspecified atom stereocenters. The first kappa shape index (κ1) is 89.0. The van der Waals surface area contributed by atoms with E-state index in [1.54, 1.807) is 44.2 Å². The Hall–Kier alpha value is -8.22. The number of likely N-dealkylation sites (tertiary alicyclic amines) is 1. The maximum absolute atomic E-state index is 14.5. The predicted molar refractivity (Wildman–Crippen MR) is 391 cm³/mol. The van der Waals surface area contributed by atoms with Crippen LogP contribution in [0.25, 0.3) is 0 Å². The van der Waals surface area contributed by atoms with Gasteiger partial charge in [-0.3, -0.25) is 71.9 Å². The molecule has 0 aromatic heterocycles. The van der Waals surface area contributed by atoms with E-state index in [1.165, 1.54) is 24.3 Å². The van der Waals surface area contributed by atoms with E-state index >= 15 is 0 Å². The number of carboxylic acids is 2. The number of carbonyl (C=O) groups is 16. The highest BCUT2D eigenvalue weighted by molar-refractivity contribution is 7.81. The van der Waals surface area contributed by atoms with Gasteiger partial charge in [-0.1, -0.05) is 56.3 Å². The summed E-state index contributed by atoms with van der Waals surface area (Å²) in [6.07, 6.45) is -3.87. The maximum atomic E-state index is 14.5. The van der Waals surface area contributed by atoms with Gasteiger partial charge in [-0.2, -0.15) is 75.8 Å². The molecule has 1 saturated heterocycles. The summed E-state index contributed by atoms with van der Waals surface area (Å²) < 4.78 is 0. The van der Waals surface area contributed by atoms with Gasteiger partial charge in [0.05, 0.1) is 25.1 Å². The van der Waals surface area contributed by atoms with Crippen LogP contribution in [-0.2, 0) is 89.6 Å². The number of aliphatic hydroxyl groups is 1. The second-order valence-electron chi connectivity index (χ2n) is 24.1. The highest BCUT2D eigenvalue weighted by atomic mass is 32.1. The normalized spacial score (nSPS) is 16.3. The monoisotopic (exact) mass is 1560 g/mol. The molecule has 0 saturated carbocycles. The minimum atomic E-state index is -1.78. The molecular weight excluding hydrogens is 1470 g/mol. The lowest BCUT2D eigenvalue weighted by Gasteiger charge is -2.31. The van der Waals surface area contributed by atoms with Gasteiger partial charge in [0.15, 0.2) is 0 Å². The van der Waals surface area contributed by atoms with Crippen LogP contribution in [0.15, 0.2) is 54.6 Å². The van der Waals surface area contributed by atoms with E-state index in [2.05, 4.69) is 140 Å². The number of carbonyl (C=O) groups excluding carboxylic acids is 14. The standard InChI is InChI=1S/C62H91N15O20S6/c1-29(2)18-36(68-51(85)35(15-16-48(82)83)67-55(89)41(25-100)72-50(84)34(63)23-98)52(86)73-43(27-102)57(91)75-42(26-101)56(90)70-38(21-46(64)80)61(95)77-17-7-10-45(77)59(93)69-37(19-31-8-5-4-6-9-31)53(87)74-44(28-103)58(92)76-49(30(3)78)60(94)65-22-47(81)66-40(24-99)54(88)71-39(62(96)97)20-32-11-13-33(79)14-12-32/h4-6,8-9,11-14,29-30,34-45,49,78-79,98-103H,7,10,15-28,63H2,1-3H3,(H2,64,80)(H,65,94)(H,66,81)(H,67,89)(H,68,85)(H,69,93)(H,70,90)(H,71,88)(H,72,84)(H,73,86)(H,74,87)(H,75,91)(H,76,92)(H,82,83)(H,96,97)/t30-,34+,35+,36+,37+,38+,39+,40+,41+,42+,43+,44+,45+,49+/m1/s1. The van der Waals surface area contributed by atoms with Crippen LogP contribution in [0.5, 0.6) is 5.75 Å². The third-order valence-electron chi connectivity index (χ3n) is 15.5. The molecular formula is C62H91N15O20S6. The van der Waals surface area contributed by atoms with Gasteiger partial charge in [0.1, 0.15) is 78.3 Å². The SMILES string of the molecule is CC(C)C[C@H](NC(=O)[C@H](CCC(=O)O)NC(=O)[C@H](CS)NC(=O)[C@@H](N)CS)C(=O)N[C@@H](CS)C(=O)N[C@@H](CS)C(=O)N[C@@H](CC(N)=O)C(=O)N1CCC[C@H]1C(=O)N[C@@H](Cc1ccccc1)C(=O)N[C@@H](CS)C(=O)N[C@H](C(=O)NCC(=O)N[C@@H](CS)C(=O)N[C@@H](Cc1ccc(O)cc1)C(=O)O)[C@@H](C)O. The average molecular weight is 1560 g/mol. The number of phenols is 1. The number of nitrogens with one attached hydrogen (secondary N) is 12. The number of carboxylic acid groups (broad SMARTS) is 2. The van der Waals surface area contributed by atoms with Crippen molar-refractivity contribution in [2.45, 2.75) is 157 Å². The van der Waals surface area contributed by atoms with Gasteiger partial charge < -0.3 is 101 Å². The minimum Gasteiger partial charge on any atom is -0.508 e. The fourth-order valence-electron chi connectivity index (χ4n) is 9.96. The average Bonchev–Trinajstić information content (AvgIpc) is 1.78. The molecule has 20 N–H and O–H groups in total. The Balaban J connectivity index is 1.75. The maximum Gasteiger partial charge on any atom is 0.326 e. The van der Waals surface area contributed by atoms with Crippen molar-refractivity contribution in [1.82, 2.24) is 68.7 Å². The molecule has 103 heavy (non-hydrogen) atoms. The molecule has 14 atom stereocenters. The first-order chi connectivity index (χ1) is 48.6. The molecule has 1 fully saturated rings. The molecule has 1 heterocycles. The number of hydrogen-bond donors (Lipinski definition) is 24. The third kappa shape index (κ3) is 30.2. The largest absolute Gasteiger partial charge is 0.508 e. The topological polar surface area (TPSA) is 554 Å². The van der Waals surface area contributed by atoms with Crippen molar-refractivity contribution in [3.8, 4) is 5.75 Å². The summed E-state index contributed by atoms with van der Waals surface area (Å²) in [5.41, 5.74) is 12.2. The number of phenolic OH excluding ortho intramolecular Hbond substituents is 1. The lowest BCUT2D eigenvalue weighted by Crippen LogP contribution is -2.62. The summed E-state index contributed by atoms with van der Waals surface area (Å²) in [5, 5.41) is 68.1. The number of aliphatic carboxylic acids is 2. The van der Waals surface area contributed by atoms with Crippen LogP contribution in [-0.4, -0.2) is 252 Å². The lowest BCUT2D eigenvalue weighted by atomic mass is 10.0. The van der Waals surface area contributed by atoms with Crippen molar-refractivity contribution >= 4 is 170 Å². The van der Waals surface area contributed by atoms with E-state index in [9.17, 15) is 97.1 Å². The Kier molecular flexibility index (Phi) is 39.0. The number of hydrogen-bond acceptors (Lipinski definition) is 25. The van der Waals surface area contributed by atoms with E-state index in [1.807, 2.05) is 0 Å². The van der Waals surface area contributed by atoms with E-state index in [-0.39, 0.29) is 67.6 Å². The van der Waals surface area contributed by atoms with Crippen molar-refractivity contribution in [2.75, 3.05) is 47.6 Å². The molecule has 3 rings (SSSR count). The molecule has 0 aliphatic carbocycles. The zero-order valence-electron chi connectivity index (χ0n) is 56.3. The fraction of sp³-hybridized carbons (Fsp3) is 0.548. The van der Waals surface area contributed by atoms with Crippen LogP contribution in [0.1, 0.15) is 70.4 Å². The van der Waals surface area contributed by atoms with Crippen molar-refractivity contribution < 1.29 is 97.1 Å². The number of rotatable bonds is 44. The first-order valence-corrected chi connectivity index (χ1v) is 36.0. The van der Waals surface area contributed by atoms with Crippen LogP contribution in [0, 0.1) is 5.92 Å². The molecule has 2 aromatic carbocycles. The smallest absolute Gasteiger partial charge is 0.326 e. The van der Waals surface area contributed by atoms with Gasteiger partial charge in [-0.25, -0.2) is 4.79 Å². The molecule has 0 spiro atoms. The van der Waals surface area contributed by atoms with Crippen molar-refractivity contribution in [3.05, 3.63) is 65.7 Å². The van der Waals surface area contributed by atoms with Gasteiger partial charge in [0.25, 0.3) is 0 Å². The van der Waals surface area contributed by atoms with Crippen molar-refractivity contribution in [2.24, 2.45) is 17.4 Å². The Labute approximate surface area is 625 Å². The number of nitrogens with zero attached hydrogens (tertiary/aromatic N) is 1. The molecule has 1 aliphatic heterocycles. The summed E-state index contributed by atoms with van der Waals surface area (Å²) >= 11 is 24.8. The van der Waals surface area contributed by atoms with Crippen LogP contribution in [0.3, 0.4) is 0 Å². The number of amides is 14. The number of nitrogens with two attached hydrogens (primary N) is 2. The molecule has 2 aromatic rings. The summed E-state index contributed by atoms with van der Waals surface area (Å²) in [6, 6.07) is -5.70. The van der Waals surface area contributed by atoms with E-state index < -0.39 is 222 Å². The predicted octanol–water partition coefficient (Wildman–Crippen LogP) is -6.22. The van der Waals surface area contributed by atoms with Crippen molar-refractivity contribution in [1.29, 1.82) is 0 Å². The number of primary amides is 1. The molecule has 35 nitrogen and oxygen atoms in total. The van der Waals surface area contributed by atoms with Crippen LogP contribution in [0.2, 0.25) is 0 Å². The Morgan fingerprint density at radius 1 is 0.505 bits per heavy atom. The summed E-state index contributed by atoms with van der Waals surface area (Å²) in [6.45, 7) is 3.57. The number of benzene rings is 2. The van der Waals surface area contributed by atoms with Crippen LogP contribution in [0.4, 0.5) is 0 Å². The van der Waals surface area contributed by atoms with Gasteiger partial charge in [-0.15, -0.1) is 0 Å². The molecule has 0 bridgehead atoms. The van der Waals surface area contributed by atoms with E-state index in [4.69, 9.17) is 11.5 Å². The number of thiol groups is 6. The molecule has 41 heteroatoms. The fourth-order valence-corrected chi connectivity index (χ4v) is 11.4. The Morgan fingerprint density at radius 2 is 0.932 bits per heavy atom. The van der Waals surface area contributed by atoms with Crippen LogP contribution < -0.4 is 75.3 Å². The summed E-state index contributed by atoms with van der Waals surface area (Å²) in [7, 11) is 0. The van der Waals surface area contributed by atoms with Gasteiger partial charge in [-0.05, 0) is 61.8 Å². The Morgan fingerprint density at radius 3 is 1.41 bits per heavy atom. The second kappa shape index (κ2) is 45.1. The quantitative estimate of drug-likeness (QED) is 0.0275. The van der Waals surface area contributed by atoms with E-state index in [0.717, 1.165) is 11.8 Å². The van der Waals surface area contributed by atoms with Crippen molar-refractivity contribution in [3.63, 3.8) is 0 Å². The van der Waals surface area contributed by atoms with E-state index in [0.29, 0.717) is 11.1 Å². The molecule has 570 valence electrons. The lowest BCUT2D eigenvalue weighted by molar-refractivity contribution is -0.143. The Bertz CT molecular complexity index is 3310. The van der Waals surface area contributed by atoms with Gasteiger partial charge in [0.2, 0.25) is 82.7 Å². The number of aliphatic hydroxyl groups excluding tert-OH is 1. The molecule has 14 amide bonds. The van der Waals surface area contributed by atoms with Gasteiger partial charge in [0, 0.05) is 60.3 Å². The zero-order valence-corrected chi connectivity index (χ0v) is 61.6. The van der Waals surface area contributed by atoms with Crippen LogP contribution >= 0.6 is 75.8 Å². The third-order valence-corrected chi connectivity index (χ3v) is 17.7. The first-order valence-electron chi connectivity index (χ1n) is 32.2. The minimum absolute atomic E-state index is 0.0113. The second-order valence-corrected chi connectivity index (χ2v) is 26.3. The number of aromatic hydroxyl groups is 1. The summed E-state index contributed by atoms with van der Waals surface area (Å²) in [5.74, 6) is -18.9. The summed E-state index contributed by atoms with van der Waals surface area (Å²) in [4.78, 5) is 215. The van der Waals surface area contributed by atoms with Gasteiger partial charge >= 0.3 is 11.9 Å². The zero-order chi connectivity index (χ0) is 77.4. The molecule has 0 radical (unpaired) electrons. The molecule has 1 aliphatic rings. The highest BCUT2D eigenvalue weighted by Crippen LogP contribution is 2.21.